The first-order valence-corrected chi connectivity index (χ1v) is 0. The van der Waals surface area contributed by atoms with E-state index < -0.39 is 0 Å². The van der Waals surface area contributed by atoms with Crippen LogP contribution < -0.4 is 0 Å². The molecule has 0 unspecified atom stereocenters. The van der Waals surface area contributed by atoms with Crippen LogP contribution in [0.15, 0.2) is 0 Å². The third-order valence-electron chi connectivity index (χ3n) is 0. The summed E-state index contributed by atoms with van der Waals surface area (Å²) in [6, 6.07) is 0. The molecule has 0 bridgehead atoms. The molecule has 0 aromatic rings. The van der Waals surface area contributed by atoms with Crippen LogP contribution in [0.1, 0.15) is 0 Å². The molecule has 0 spiro atoms. The predicted molar refractivity (Wildman–Crippen MR) is 0 cm³/mol. The molecule has 0 amide bonds. The van der Waals surface area contributed by atoms with Gasteiger partial charge in [0.15, 0.2) is 0 Å². The standard InChI is InChI=1S/Cr.Mn.Ti.V/q4*+2. The first-order chi connectivity index (χ1) is 0. The second kappa shape index (κ2) is 18.3. The Morgan fingerprint density at radius 3 is 1.00 bits per heavy atom. The smallest absolute Gasteiger partial charge is 2.00 e. The summed E-state index contributed by atoms with van der Waals surface area (Å²) in [4.78, 5) is 0. The van der Waals surface area contributed by atoms with Gasteiger partial charge < -0.3 is 0 Å². The van der Waals surface area contributed by atoms with Gasteiger partial charge in [0.25, 0.3) is 0 Å². The van der Waals surface area contributed by atoms with Gasteiger partial charge in [-0.05, 0) is 0 Å². The number of hydrogen-bond acceptors (Lipinski definition) is 0. The molecule has 4 heteroatoms. The Hall–Kier alpha value is 2.35. The van der Waals surface area contributed by atoms with Crippen molar-refractivity contribution in [2.75, 3.05) is 0 Å². The summed E-state index contributed by atoms with van der Waals surface area (Å²) in [7, 11) is 0. The Labute approximate surface area is 73.9 Å². The van der Waals surface area contributed by atoms with Crippen molar-refractivity contribution in [3.8, 4) is 0 Å². The number of rotatable bonds is 0. The number of hydrogen-bond donors (Lipinski definition) is 0. The molecule has 0 nitrogen and oxygen atoms in total. The third kappa shape index (κ3) is 8.84. The van der Waals surface area contributed by atoms with Gasteiger partial charge >= 0.3 is 74.7 Å². The maximum atomic E-state index is 0. The molecular weight excluding hydrogens is 206 g/mol. The van der Waals surface area contributed by atoms with Gasteiger partial charge in [-0.2, -0.15) is 0 Å². The van der Waals surface area contributed by atoms with E-state index in [2.05, 4.69) is 0 Å². The molecule has 0 aliphatic heterocycles. The summed E-state index contributed by atoms with van der Waals surface area (Å²) in [6.45, 7) is 0. The maximum Gasteiger partial charge on any atom is 2.00 e. The van der Waals surface area contributed by atoms with E-state index >= 15 is 0 Å². The van der Waals surface area contributed by atoms with Crippen LogP contribution in [0.5, 0.6) is 0 Å². The minimum absolute atomic E-state index is 0. The molecule has 0 heterocycles. The van der Waals surface area contributed by atoms with Gasteiger partial charge in [0.1, 0.15) is 0 Å². The fourth-order valence-corrected chi connectivity index (χ4v) is 0. The zero-order chi connectivity index (χ0) is 0. The summed E-state index contributed by atoms with van der Waals surface area (Å²) in [5, 5.41) is 0. The zero-order valence-corrected chi connectivity index (χ0v) is 7.15. The van der Waals surface area contributed by atoms with Crippen molar-refractivity contribution < 1.29 is 74.7 Å². The second-order valence-electron chi connectivity index (χ2n) is 0. The summed E-state index contributed by atoms with van der Waals surface area (Å²) in [6.07, 6.45) is 0. The third-order valence-corrected chi connectivity index (χ3v) is 0. The van der Waals surface area contributed by atoms with E-state index in [4.69, 9.17) is 0 Å². The van der Waals surface area contributed by atoms with Crippen LogP contribution in [0.4, 0.5) is 0 Å². The normalized spacial score (nSPS) is 0. The fourth-order valence-electron chi connectivity index (χ4n) is 0. The second-order valence-corrected chi connectivity index (χ2v) is 0. The molecule has 2 radical (unpaired) electrons. The molecule has 0 aromatic carbocycles. The van der Waals surface area contributed by atoms with Gasteiger partial charge in [-0.3, -0.25) is 0 Å². The van der Waals surface area contributed by atoms with Gasteiger partial charge in [0.05, 0.1) is 0 Å². The van der Waals surface area contributed by atoms with E-state index in [9.17, 15) is 0 Å². The predicted octanol–water partition coefficient (Wildman–Crippen LogP) is -0.0100. The zero-order valence-electron chi connectivity index (χ0n) is 1.73. The van der Waals surface area contributed by atoms with Gasteiger partial charge in [-0.15, -0.1) is 0 Å². The van der Waals surface area contributed by atoms with Crippen molar-refractivity contribution in [3.63, 3.8) is 0 Å². The van der Waals surface area contributed by atoms with Crippen molar-refractivity contribution >= 4 is 0 Å². The molecule has 0 aliphatic rings. The summed E-state index contributed by atoms with van der Waals surface area (Å²) >= 11 is 0. The minimum atomic E-state index is 0. The van der Waals surface area contributed by atoms with Gasteiger partial charge in [0.2, 0.25) is 0 Å². The van der Waals surface area contributed by atoms with Gasteiger partial charge in [-0.1, -0.05) is 0 Å². The molecule has 0 saturated carbocycles. The molecule has 0 rings (SSSR count). The monoisotopic (exact) mass is 206 g/mol. The SMILES string of the molecule is [Cr+2].[Mn+2].[Ti+2].[V+2]. The van der Waals surface area contributed by atoms with Crippen LogP contribution in [0.3, 0.4) is 0 Å². The average Bonchev–Trinajstić information content (AvgIpc) is 0. The van der Waals surface area contributed by atoms with E-state index in [1.807, 2.05) is 0 Å². The van der Waals surface area contributed by atoms with Crippen LogP contribution in [0, 0.1) is 0 Å². The maximum absolute atomic E-state index is 0. The van der Waals surface area contributed by atoms with Crippen molar-refractivity contribution in [3.05, 3.63) is 0 Å². The van der Waals surface area contributed by atoms with E-state index in [-0.39, 0.29) is 74.7 Å². The molecule has 0 saturated heterocycles. The summed E-state index contributed by atoms with van der Waals surface area (Å²) in [5.74, 6) is 0. The Morgan fingerprint density at radius 1 is 1.00 bits per heavy atom. The molecule has 0 N–H and O–H groups in total. The summed E-state index contributed by atoms with van der Waals surface area (Å²) < 4.78 is 0. The average molecular weight is 206 g/mol. The summed E-state index contributed by atoms with van der Waals surface area (Å²) in [5.41, 5.74) is 0. The fraction of sp³-hybridized carbons (Fsp3) is 0. The first-order valence-electron chi connectivity index (χ1n) is 0. The largest absolute Gasteiger partial charge is 2.00 e. The van der Waals surface area contributed by atoms with Crippen molar-refractivity contribution in [1.82, 2.24) is 0 Å². The van der Waals surface area contributed by atoms with Crippen molar-refractivity contribution in [2.45, 2.75) is 0 Å². The van der Waals surface area contributed by atoms with Crippen LogP contribution >= 0.6 is 0 Å². The van der Waals surface area contributed by atoms with Crippen molar-refractivity contribution in [1.29, 1.82) is 0 Å². The van der Waals surface area contributed by atoms with Crippen molar-refractivity contribution in [2.24, 2.45) is 0 Å². The Kier molecular flexibility index (Phi) is 151. The van der Waals surface area contributed by atoms with Crippen LogP contribution in [-0.4, -0.2) is 0 Å². The van der Waals surface area contributed by atoms with Crippen LogP contribution in [-0.2, 0) is 74.7 Å². The molecule has 0 aliphatic carbocycles. The van der Waals surface area contributed by atoms with Gasteiger partial charge in [-0.25, -0.2) is 0 Å². The van der Waals surface area contributed by atoms with E-state index in [1.165, 1.54) is 0 Å². The van der Waals surface area contributed by atoms with E-state index in [1.54, 1.807) is 0 Å². The van der Waals surface area contributed by atoms with E-state index in [0.29, 0.717) is 0 Å². The van der Waals surface area contributed by atoms with Crippen LogP contribution in [0.2, 0.25) is 0 Å². The molecular formula is CrMnTiV+8. The Balaban J connectivity index is 0. The first kappa shape index (κ1) is 32.9. The van der Waals surface area contributed by atoms with Gasteiger partial charge in [0, 0.05) is 0 Å². The quantitative estimate of drug-likeness (QED) is 0.488. The topological polar surface area (TPSA) is 0 Å². The molecule has 0 fully saturated rings. The molecule has 0 atom stereocenters. The Morgan fingerprint density at radius 2 is 1.00 bits per heavy atom. The molecule has 0 aromatic heterocycles. The minimum Gasteiger partial charge on any atom is 2.00 e. The van der Waals surface area contributed by atoms with Crippen LogP contribution in [0.25, 0.3) is 0 Å². The molecule has 4 heavy (non-hydrogen) atoms. The Bertz CT molecular complexity index is 8.00. The molecule has 14 valence electrons. The van der Waals surface area contributed by atoms with E-state index in [0.717, 1.165) is 0 Å².